The molecule has 1 heterocycles. The molecular weight excluding hydrogens is 236 g/mol. The predicted octanol–water partition coefficient (Wildman–Crippen LogP) is 2.76. The molecule has 0 saturated carbocycles. The Bertz CT molecular complexity index is 451. The topological polar surface area (TPSA) is 47.3 Å². The third-order valence-corrected chi connectivity index (χ3v) is 4.31. The summed E-state index contributed by atoms with van der Waals surface area (Å²) in [6, 6.07) is 2.82. The predicted molar refractivity (Wildman–Crippen MR) is 79.8 cm³/mol. The number of nitrogens with two attached hydrogens (primary N) is 1. The highest BCUT2D eigenvalue weighted by atomic mass is 16.5. The largest absolute Gasteiger partial charge is 0.496 e. The van der Waals surface area contributed by atoms with Crippen molar-refractivity contribution in [3.63, 3.8) is 0 Å². The van der Waals surface area contributed by atoms with E-state index in [0.717, 1.165) is 18.7 Å². The van der Waals surface area contributed by atoms with Crippen LogP contribution < -0.4 is 15.8 Å². The van der Waals surface area contributed by atoms with Crippen LogP contribution in [0.25, 0.3) is 0 Å². The molecule has 0 amide bonds. The Kier molecular flexibility index (Phi) is 4.48. The van der Waals surface area contributed by atoms with E-state index in [1.54, 1.807) is 7.11 Å². The van der Waals surface area contributed by atoms with Gasteiger partial charge in [0.25, 0.3) is 0 Å². The van der Waals surface area contributed by atoms with E-state index in [4.69, 9.17) is 10.5 Å². The van der Waals surface area contributed by atoms with Gasteiger partial charge in [-0.25, -0.2) is 0 Å². The van der Waals surface area contributed by atoms with Crippen LogP contribution in [0, 0.1) is 20.8 Å². The Morgan fingerprint density at radius 2 is 2.11 bits per heavy atom. The van der Waals surface area contributed by atoms with Crippen molar-refractivity contribution in [2.75, 3.05) is 13.7 Å². The first-order valence-electron chi connectivity index (χ1n) is 7.18. The summed E-state index contributed by atoms with van der Waals surface area (Å²) in [7, 11) is 1.74. The molecule has 2 atom stereocenters. The molecule has 0 aliphatic carbocycles. The molecule has 0 bridgehead atoms. The van der Waals surface area contributed by atoms with Gasteiger partial charge in [-0.05, 0) is 63.3 Å². The van der Waals surface area contributed by atoms with Crippen molar-refractivity contribution >= 4 is 0 Å². The van der Waals surface area contributed by atoms with Gasteiger partial charge in [0.1, 0.15) is 5.75 Å². The summed E-state index contributed by atoms with van der Waals surface area (Å²) in [6.45, 7) is 7.49. The molecule has 0 aromatic heterocycles. The van der Waals surface area contributed by atoms with E-state index in [2.05, 4.69) is 32.2 Å². The molecule has 0 spiro atoms. The normalized spacial score (nSPS) is 20.6. The molecule has 1 aromatic rings. The number of benzene rings is 1. The van der Waals surface area contributed by atoms with Gasteiger partial charge in [0, 0.05) is 17.6 Å². The van der Waals surface area contributed by atoms with Crippen LogP contribution >= 0.6 is 0 Å². The molecule has 3 nitrogen and oxygen atoms in total. The van der Waals surface area contributed by atoms with Crippen LogP contribution in [0.15, 0.2) is 6.07 Å². The maximum atomic E-state index is 6.45. The van der Waals surface area contributed by atoms with Crippen molar-refractivity contribution in [2.45, 2.75) is 52.1 Å². The first-order chi connectivity index (χ1) is 9.04. The van der Waals surface area contributed by atoms with E-state index in [9.17, 15) is 0 Å². The Hall–Kier alpha value is -1.06. The zero-order chi connectivity index (χ0) is 14.0. The van der Waals surface area contributed by atoms with E-state index < -0.39 is 0 Å². The molecule has 1 aromatic carbocycles. The maximum absolute atomic E-state index is 6.45. The van der Waals surface area contributed by atoms with Gasteiger partial charge in [-0.1, -0.05) is 6.07 Å². The van der Waals surface area contributed by atoms with Gasteiger partial charge in [-0.3, -0.25) is 0 Å². The average Bonchev–Trinajstić information content (AvgIpc) is 2.85. The number of aryl methyl sites for hydroxylation is 2. The van der Waals surface area contributed by atoms with Crippen LogP contribution in [0.1, 0.15) is 47.6 Å². The molecule has 0 radical (unpaired) electrons. The zero-order valence-electron chi connectivity index (χ0n) is 12.5. The maximum Gasteiger partial charge on any atom is 0.127 e. The molecule has 1 saturated heterocycles. The van der Waals surface area contributed by atoms with E-state index in [1.807, 2.05) is 0 Å². The Morgan fingerprint density at radius 3 is 2.68 bits per heavy atom. The van der Waals surface area contributed by atoms with Crippen LogP contribution in [0.3, 0.4) is 0 Å². The van der Waals surface area contributed by atoms with Crippen molar-refractivity contribution < 1.29 is 4.74 Å². The molecule has 3 heteroatoms. The van der Waals surface area contributed by atoms with Crippen LogP contribution in [-0.4, -0.2) is 19.7 Å². The van der Waals surface area contributed by atoms with Gasteiger partial charge < -0.3 is 15.8 Å². The van der Waals surface area contributed by atoms with Crippen molar-refractivity contribution in [3.05, 3.63) is 28.3 Å². The Balaban J connectivity index is 2.29. The fourth-order valence-corrected chi connectivity index (χ4v) is 3.18. The highest BCUT2D eigenvalue weighted by molar-refractivity contribution is 5.51. The van der Waals surface area contributed by atoms with E-state index in [0.29, 0.717) is 6.04 Å². The van der Waals surface area contributed by atoms with Crippen LogP contribution in [0.2, 0.25) is 0 Å². The number of hydrogen-bond acceptors (Lipinski definition) is 3. The monoisotopic (exact) mass is 262 g/mol. The van der Waals surface area contributed by atoms with Crippen LogP contribution in [0.4, 0.5) is 0 Å². The number of ether oxygens (including phenoxy) is 1. The van der Waals surface area contributed by atoms with Crippen molar-refractivity contribution in [1.29, 1.82) is 0 Å². The highest BCUT2D eigenvalue weighted by Gasteiger charge is 2.23. The van der Waals surface area contributed by atoms with Crippen molar-refractivity contribution in [2.24, 2.45) is 5.73 Å². The van der Waals surface area contributed by atoms with Crippen molar-refractivity contribution in [1.82, 2.24) is 5.32 Å². The second kappa shape index (κ2) is 5.93. The first kappa shape index (κ1) is 14.4. The fraction of sp³-hybridized carbons (Fsp3) is 0.625. The summed E-state index contributed by atoms with van der Waals surface area (Å²) in [6.07, 6.45) is 3.49. The third-order valence-electron chi connectivity index (χ3n) is 4.31. The summed E-state index contributed by atoms with van der Waals surface area (Å²) in [5.74, 6) is 0.975. The molecule has 2 unspecified atom stereocenters. The third kappa shape index (κ3) is 2.93. The summed E-state index contributed by atoms with van der Waals surface area (Å²) < 4.78 is 5.62. The highest BCUT2D eigenvalue weighted by Crippen LogP contribution is 2.35. The molecule has 3 N–H and O–H groups in total. The standard InChI is InChI=1S/C16H26N2O/c1-10-8-11(2)15(16(19-4)12(10)3)14(17)9-13-6-5-7-18-13/h8,13-14,18H,5-7,9,17H2,1-4H3. The smallest absolute Gasteiger partial charge is 0.127 e. The van der Waals surface area contributed by atoms with Gasteiger partial charge in [0.2, 0.25) is 0 Å². The van der Waals surface area contributed by atoms with Gasteiger partial charge in [-0.15, -0.1) is 0 Å². The summed E-state index contributed by atoms with van der Waals surface area (Å²) in [4.78, 5) is 0. The Labute approximate surface area is 116 Å². The molecule has 19 heavy (non-hydrogen) atoms. The minimum absolute atomic E-state index is 0.0462. The van der Waals surface area contributed by atoms with Crippen molar-refractivity contribution in [3.8, 4) is 5.75 Å². The van der Waals surface area contributed by atoms with Crippen LogP contribution in [0.5, 0.6) is 5.75 Å². The van der Waals surface area contributed by atoms with E-state index in [1.165, 1.54) is 35.1 Å². The summed E-state index contributed by atoms with van der Waals surface area (Å²) in [5, 5.41) is 3.52. The van der Waals surface area contributed by atoms with E-state index in [-0.39, 0.29) is 6.04 Å². The molecule has 1 aliphatic rings. The lowest BCUT2D eigenvalue weighted by Gasteiger charge is -2.23. The number of hydrogen-bond donors (Lipinski definition) is 2. The molecule has 106 valence electrons. The number of methoxy groups -OCH3 is 1. The SMILES string of the molecule is COc1c(C)c(C)cc(C)c1C(N)CC1CCCN1. The zero-order valence-corrected chi connectivity index (χ0v) is 12.5. The summed E-state index contributed by atoms with van der Waals surface area (Å²) in [5.41, 5.74) is 11.3. The lowest BCUT2D eigenvalue weighted by molar-refractivity contribution is 0.395. The minimum Gasteiger partial charge on any atom is -0.496 e. The molecule has 1 aliphatic heterocycles. The lowest BCUT2D eigenvalue weighted by atomic mass is 9.91. The lowest BCUT2D eigenvalue weighted by Crippen LogP contribution is -2.27. The number of rotatable bonds is 4. The first-order valence-corrected chi connectivity index (χ1v) is 7.18. The van der Waals surface area contributed by atoms with Gasteiger partial charge in [0.15, 0.2) is 0 Å². The summed E-state index contributed by atoms with van der Waals surface area (Å²) >= 11 is 0. The van der Waals surface area contributed by atoms with Crippen LogP contribution in [-0.2, 0) is 0 Å². The average molecular weight is 262 g/mol. The molecule has 1 fully saturated rings. The molecule has 2 rings (SSSR count). The number of nitrogens with one attached hydrogen (secondary N) is 1. The fourth-order valence-electron chi connectivity index (χ4n) is 3.18. The van der Waals surface area contributed by atoms with Gasteiger partial charge >= 0.3 is 0 Å². The Morgan fingerprint density at radius 1 is 1.37 bits per heavy atom. The van der Waals surface area contributed by atoms with Gasteiger partial charge in [-0.2, -0.15) is 0 Å². The molecular formula is C16H26N2O. The quantitative estimate of drug-likeness (QED) is 0.877. The minimum atomic E-state index is 0.0462. The van der Waals surface area contributed by atoms with E-state index >= 15 is 0 Å². The van der Waals surface area contributed by atoms with Gasteiger partial charge in [0.05, 0.1) is 7.11 Å². The second-order valence-corrected chi connectivity index (χ2v) is 5.72. The second-order valence-electron chi connectivity index (χ2n) is 5.72.